The van der Waals surface area contributed by atoms with Gasteiger partial charge in [0.25, 0.3) is 11.8 Å². The Hall–Kier alpha value is -5.03. The number of rotatable bonds is 11. The molecule has 41 heavy (non-hydrogen) atoms. The molecular weight excluding hydrogens is 554 g/mol. The van der Waals surface area contributed by atoms with Gasteiger partial charge >= 0.3 is 12.0 Å². The van der Waals surface area contributed by atoms with Crippen molar-refractivity contribution >= 4 is 47.2 Å². The van der Waals surface area contributed by atoms with Gasteiger partial charge in [-0.2, -0.15) is 0 Å². The van der Waals surface area contributed by atoms with Gasteiger partial charge < -0.3 is 29.3 Å². The molecule has 4 amide bonds. The van der Waals surface area contributed by atoms with Crippen molar-refractivity contribution in [1.29, 1.82) is 0 Å². The number of esters is 1. The summed E-state index contributed by atoms with van der Waals surface area (Å²) in [5, 5.41) is 5.82. The smallest absolute Gasteiger partial charge is 0.373 e. The van der Waals surface area contributed by atoms with Gasteiger partial charge in [0.2, 0.25) is 5.76 Å². The fourth-order valence-corrected chi connectivity index (χ4v) is 4.09. The lowest BCUT2D eigenvalue weighted by Gasteiger charge is -2.16. The fourth-order valence-electron chi connectivity index (χ4n) is 3.97. The van der Waals surface area contributed by atoms with E-state index in [1.807, 2.05) is 0 Å². The summed E-state index contributed by atoms with van der Waals surface area (Å²) in [4.78, 5) is 50.6. The van der Waals surface area contributed by atoms with Crippen LogP contribution in [0.4, 0.5) is 10.5 Å². The average Bonchev–Trinajstić information content (AvgIpc) is 3.53. The van der Waals surface area contributed by atoms with E-state index in [-0.39, 0.29) is 36.3 Å². The summed E-state index contributed by atoms with van der Waals surface area (Å²) in [6.45, 7) is 3.30. The van der Waals surface area contributed by atoms with E-state index in [1.54, 1.807) is 42.5 Å². The first-order valence-corrected chi connectivity index (χ1v) is 12.6. The maximum atomic E-state index is 13.0. The Balaban J connectivity index is 1.51. The zero-order chi connectivity index (χ0) is 29.5. The lowest BCUT2D eigenvalue weighted by Crippen LogP contribution is -2.30. The van der Waals surface area contributed by atoms with Gasteiger partial charge in [-0.05, 0) is 66.6 Å². The minimum absolute atomic E-state index is 0.0253. The van der Waals surface area contributed by atoms with Gasteiger partial charge in [-0.3, -0.25) is 14.5 Å². The molecule has 0 saturated carbocycles. The van der Waals surface area contributed by atoms with Crippen molar-refractivity contribution in [2.45, 2.75) is 13.0 Å². The number of ether oxygens (including phenoxy) is 3. The Morgan fingerprint density at radius 3 is 2.56 bits per heavy atom. The van der Waals surface area contributed by atoms with Crippen LogP contribution in [0.1, 0.15) is 27.4 Å². The van der Waals surface area contributed by atoms with Gasteiger partial charge in [0.1, 0.15) is 11.5 Å². The zero-order valence-corrected chi connectivity index (χ0v) is 22.9. The number of imide groups is 1. The molecule has 2 aromatic carbocycles. The van der Waals surface area contributed by atoms with E-state index in [2.05, 4.69) is 21.9 Å². The van der Waals surface area contributed by atoms with Crippen LogP contribution in [0.25, 0.3) is 6.08 Å². The Kier molecular flexibility index (Phi) is 9.10. The molecule has 1 aliphatic rings. The molecule has 0 unspecified atom stereocenters. The van der Waals surface area contributed by atoms with Gasteiger partial charge in [0.05, 0.1) is 20.8 Å². The molecule has 12 heteroatoms. The van der Waals surface area contributed by atoms with E-state index in [0.717, 1.165) is 4.90 Å². The largest absolute Gasteiger partial charge is 0.493 e. The highest BCUT2D eigenvalue weighted by Crippen LogP contribution is 2.34. The molecule has 11 nitrogen and oxygen atoms in total. The first-order valence-electron chi connectivity index (χ1n) is 12.2. The number of benzene rings is 2. The number of amides is 4. The Morgan fingerprint density at radius 2 is 1.88 bits per heavy atom. The number of nitrogens with one attached hydrogen (secondary N) is 2. The van der Waals surface area contributed by atoms with Crippen molar-refractivity contribution in [2.75, 3.05) is 26.1 Å². The molecule has 0 aliphatic carbocycles. The van der Waals surface area contributed by atoms with Crippen molar-refractivity contribution in [3.8, 4) is 11.5 Å². The molecule has 4 rings (SSSR count). The van der Waals surface area contributed by atoms with Gasteiger partial charge in [-0.1, -0.05) is 17.7 Å². The molecule has 1 aromatic heterocycles. The maximum Gasteiger partial charge on any atom is 0.373 e. The average molecular weight is 580 g/mol. The highest BCUT2D eigenvalue weighted by atomic mass is 35.5. The molecule has 0 radical (unpaired) electrons. The number of carbonyl (C=O) groups excluding carboxylic acids is 4. The summed E-state index contributed by atoms with van der Waals surface area (Å²) in [6, 6.07) is 12.2. The Labute approximate surface area is 240 Å². The first kappa shape index (κ1) is 29.0. The Morgan fingerprint density at radius 1 is 1.12 bits per heavy atom. The zero-order valence-electron chi connectivity index (χ0n) is 22.2. The maximum absolute atomic E-state index is 13.0. The third-order valence-electron chi connectivity index (χ3n) is 5.85. The number of carbonyl (C=O) groups is 4. The molecule has 2 heterocycles. The number of hydrogen-bond donors (Lipinski definition) is 2. The monoisotopic (exact) mass is 579 g/mol. The minimum atomic E-state index is -0.673. The summed E-state index contributed by atoms with van der Waals surface area (Å²) < 4.78 is 21.3. The molecule has 1 saturated heterocycles. The van der Waals surface area contributed by atoms with Crippen molar-refractivity contribution in [1.82, 2.24) is 10.2 Å². The summed E-state index contributed by atoms with van der Waals surface area (Å²) in [5.41, 5.74) is 1.77. The van der Waals surface area contributed by atoms with Gasteiger partial charge in [-0.15, -0.1) is 6.58 Å². The van der Waals surface area contributed by atoms with Crippen molar-refractivity contribution < 1.29 is 37.8 Å². The van der Waals surface area contributed by atoms with Crippen LogP contribution in [0.2, 0.25) is 5.02 Å². The molecule has 0 bridgehead atoms. The predicted molar refractivity (Wildman–Crippen MR) is 150 cm³/mol. The first-order chi connectivity index (χ1) is 19.7. The van der Waals surface area contributed by atoms with Crippen LogP contribution in [-0.4, -0.2) is 49.5 Å². The van der Waals surface area contributed by atoms with Crippen LogP contribution in [0.15, 0.2) is 71.3 Å². The second kappa shape index (κ2) is 12.9. The number of furan rings is 1. The van der Waals surface area contributed by atoms with Gasteiger partial charge in [0.15, 0.2) is 18.1 Å². The molecule has 0 spiro atoms. The highest BCUT2D eigenvalue weighted by Gasteiger charge is 2.34. The lowest BCUT2D eigenvalue weighted by molar-refractivity contribution is -0.123. The van der Waals surface area contributed by atoms with E-state index in [0.29, 0.717) is 39.8 Å². The summed E-state index contributed by atoms with van der Waals surface area (Å²) in [5.74, 6) is -0.816. The molecule has 2 N–H and O–H groups in total. The molecule has 0 atom stereocenters. The number of halogens is 1. The van der Waals surface area contributed by atoms with E-state index >= 15 is 0 Å². The van der Waals surface area contributed by atoms with Crippen LogP contribution in [0.5, 0.6) is 11.5 Å². The normalized spacial score (nSPS) is 13.6. The van der Waals surface area contributed by atoms with Gasteiger partial charge in [0, 0.05) is 16.3 Å². The standard InChI is InChI=1S/C29H26ClN3O8/c1-4-5-18-12-17(14-24(38-2)26(18)40-16-25(34)31-20-8-6-19(30)7-9-20)13-22-27(35)33(29(37)32-22)15-21-10-11-23(41-21)28(36)39-3/h4,6-14H,1,5,15-16H2,2-3H3,(H,31,34)(H,32,37)/b22-13-. The van der Waals surface area contributed by atoms with Crippen molar-refractivity contribution in [3.05, 3.63) is 94.6 Å². The molecule has 3 aromatic rings. The molecular formula is C29H26ClN3O8. The second-order valence-corrected chi connectivity index (χ2v) is 9.12. The van der Waals surface area contributed by atoms with Crippen LogP contribution < -0.4 is 20.1 Å². The van der Waals surface area contributed by atoms with Crippen LogP contribution in [-0.2, 0) is 27.3 Å². The Bertz CT molecular complexity index is 1530. The highest BCUT2D eigenvalue weighted by molar-refractivity contribution is 6.30. The minimum Gasteiger partial charge on any atom is -0.493 e. The van der Waals surface area contributed by atoms with Gasteiger partial charge in [-0.25, -0.2) is 9.59 Å². The SMILES string of the molecule is C=CCc1cc(/C=C2\NC(=O)N(Cc3ccc(C(=O)OC)o3)C2=O)cc(OC)c1OCC(=O)Nc1ccc(Cl)cc1. The number of anilines is 1. The second-order valence-electron chi connectivity index (χ2n) is 8.68. The molecule has 1 aliphatic heterocycles. The lowest BCUT2D eigenvalue weighted by atomic mass is 10.0. The third-order valence-corrected chi connectivity index (χ3v) is 6.10. The summed E-state index contributed by atoms with van der Waals surface area (Å²) >= 11 is 5.88. The number of hydrogen-bond acceptors (Lipinski definition) is 8. The van der Waals surface area contributed by atoms with E-state index in [1.165, 1.54) is 32.4 Å². The molecule has 1 fully saturated rings. The van der Waals surface area contributed by atoms with Crippen molar-refractivity contribution in [3.63, 3.8) is 0 Å². The van der Waals surface area contributed by atoms with Crippen LogP contribution in [0.3, 0.4) is 0 Å². The number of methoxy groups -OCH3 is 2. The summed E-state index contributed by atoms with van der Waals surface area (Å²) in [7, 11) is 2.66. The van der Waals surface area contributed by atoms with E-state index in [4.69, 9.17) is 25.5 Å². The number of urea groups is 1. The quantitative estimate of drug-likeness (QED) is 0.146. The van der Waals surface area contributed by atoms with Crippen LogP contribution >= 0.6 is 11.6 Å². The van der Waals surface area contributed by atoms with Crippen molar-refractivity contribution in [2.24, 2.45) is 0 Å². The molecule has 212 valence electrons. The van der Waals surface area contributed by atoms with Crippen LogP contribution in [0, 0.1) is 0 Å². The number of nitrogens with zero attached hydrogens (tertiary/aromatic N) is 1. The number of allylic oxidation sites excluding steroid dienone is 1. The van der Waals surface area contributed by atoms with E-state index in [9.17, 15) is 19.2 Å². The fraction of sp³-hybridized carbons (Fsp3) is 0.172. The topological polar surface area (TPSA) is 136 Å². The summed E-state index contributed by atoms with van der Waals surface area (Å²) in [6.07, 6.45) is 3.52. The van der Waals surface area contributed by atoms with E-state index < -0.39 is 17.9 Å². The third kappa shape index (κ3) is 6.95. The predicted octanol–water partition coefficient (Wildman–Crippen LogP) is 4.57.